The van der Waals surface area contributed by atoms with E-state index in [1.807, 2.05) is 13.0 Å². The minimum absolute atomic E-state index is 0.131. The second-order valence-corrected chi connectivity index (χ2v) is 5.94. The summed E-state index contributed by atoms with van der Waals surface area (Å²) in [6, 6.07) is 8.30. The van der Waals surface area contributed by atoms with E-state index in [1.54, 1.807) is 18.2 Å². The van der Waals surface area contributed by atoms with Gasteiger partial charge in [0.1, 0.15) is 5.75 Å². The van der Waals surface area contributed by atoms with E-state index in [9.17, 15) is 9.90 Å². The summed E-state index contributed by atoms with van der Waals surface area (Å²) < 4.78 is 0.957. The maximum Gasteiger partial charge on any atom is 0.265 e. The van der Waals surface area contributed by atoms with Crippen LogP contribution in [-0.4, -0.2) is 11.0 Å². The van der Waals surface area contributed by atoms with Gasteiger partial charge in [-0.25, -0.2) is 0 Å². The lowest BCUT2D eigenvalue weighted by Crippen LogP contribution is -2.09. The van der Waals surface area contributed by atoms with Gasteiger partial charge in [-0.1, -0.05) is 6.07 Å². The standard InChI is InChI=1S/C12H10BrNO2S/c1-7-5-10(17-11(7)13)12(16)14-8-3-2-4-9(15)6-8/h2-6,15H,1H3,(H,14,16). The number of rotatable bonds is 2. The summed E-state index contributed by atoms with van der Waals surface area (Å²) in [5.74, 6) is -0.0410. The van der Waals surface area contributed by atoms with Crippen LogP contribution in [0.15, 0.2) is 34.1 Å². The second kappa shape index (κ2) is 4.89. The molecule has 3 nitrogen and oxygen atoms in total. The predicted molar refractivity (Wildman–Crippen MR) is 72.8 cm³/mol. The normalized spacial score (nSPS) is 10.2. The van der Waals surface area contributed by atoms with Crippen molar-refractivity contribution in [3.63, 3.8) is 0 Å². The molecule has 1 aromatic carbocycles. The number of hydrogen-bond acceptors (Lipinski definition) is 3. The Morgan fingerprint density at radius 1 is 1.41 bits per heavy atom. The van der Waals surface area contributed by atoms with Crippen molar-refractivity contribution in [1.29, 1.82) is 0 Å². The fourth-order valence-corrected chi connectivity index (χ4v) is 2.78. The Kier molecular flexibility index (Phi) is 3.49. The average Bonchev–Trinajstić information content (AvgIpc) is 2.59. The van der Waals surface area contributed by atoms with Crippen molar-refractivity contribution in [3.8, 4) is 5.75 Å². The van der Waals surface area contributed by atoms with Crippen LogP contribution in [0.2, 0.25) is 0 Å². The third-order valence-electron chi connectivity index (χ3n) is 2.19. The smallest absolute Gasteiger partial charge is 0.265 e. The van der Waals surface area contributed by atoms with Crippen LogP contribution in [0.5, 0.6) is 5.75 Å². The molecule has 0 aliphatic rings. The summed E-state index contributed by atoms with van der Waals surface area (Å²) in [7, 11) is 0. The monoisotopic (exact) mass is 311 g/mol. The third-order valence-corrected chi connectivity index (χ3v) is 4.32. The predicted octanol–water partition coefficient (Wildman–Crippen LogP) is 3.78. The van der Waals surface area contributed by atoms with Crippen molar-refractivity contribution in [2.45, 2.75) is 6.92 Å². The zero-order chi connectivity index (χ0) is 12.4. The van der Waals surface area contributed by atoms with Gasteiger partial charge in [0.05, 0.1) is 8.66 Å². The Hall–Kier alpha value is -1.33. The molecule has 88 valence electrons. The lowest BCUT2D eigenvalue weighted by Gasteiger charge is -2.03. The van der Waals surface area contributed by atoms with Gasteiger partial charge >= 0.3 is 0 Å². The molecule has 0 saturated carbocycles. The largest absolute Gasteiger partial charge is 0.508 e. The van der Waals surface area contributed by atoms with Crippen molar-refractivity contribution in [2.75, 3.05) is 5.32 Å². The Balaban J connectivity index is 2.17. The number of phenols is 1. The van der Waals surface area contributed by atoms with Crippen molar-refractivity contribution in [1.82, 2.24) is 0 Å². The summed E-state index contributed by atoms with van der Waals surface area (Å²) >= 11 is 4.77. The second-order valence-electron chi connectivity index (χ2n) is 3.57. The molecule has 2 rings (SSSR count). The maximum atomic E-state index is 11.9. The van der Waals surface area contributed by atoms with Gasteiger partial charge in [-0.15, -0.1) is 11.3 Å². The van der Waals surface area contributed by atoms with E-state index < -0.39 is 0 Å². The van der Waals surface area contributed by atoms with Gasteiger partial charge in [0.15, 0.2) is 0 Å². The van der Waals surface area contributed by atoms with E-state index >= 15 is 0 Å². The van der Waals surface area contributed by atoms with Crippen molar-refractivity contribution >= 4 is 38.9 Å². The number of amides is 1. The number of carbonyl (C=O) groups excluding carboxylic acids is 1. The fourth-order valence-electron chi connectivity index (χ4n) is 1.35. The zero-order valence-electron chi connectivity index (χ0n) is 9.03. The van der Waals surface area contributed by atoms with Gasteiger partial charge in [0.25, 0.3) is 5.91 Å². The topological polar surface area (TPSA) is 49.3 Å². The molecular weight excluding hydrogens is 302 g/mol. The van der Waals surface area contributed by atoms with Crippen LogP contribution in [-0.2, 0) is 0 Å². The number of aromatic hydroxyl groups is 1. The van der Waals surface area contributed by atoms with Crippen LogP contribution >= 0.6 is 27.3 Å². The molecule has 2 N–H and O–H groups in total. The highest BCUT2D eigenvalue weighted by molar-refractivity contribution is 9.11. The van der Waals surface area contributed by atoms with Crippen LogP contribution in [0.4, 0.5) is 5.69 Å². The van der Waals surface area contributed by atoms with Gasteiger partial charge in [-0.2, -0.15) is 0 Å². The number of hydrogen-bond donors (Lipinski definition) is 2. The summed E-state index contributed by atoms with van der Waals surface area (Å²) in [5.41, 5.74) is 1.62. The summed E-state index contributed by atoms with van der Waals surface area (Å²) in [6.45, 7) is 1.94. The van der Waals surface area contributed by atoms with Gasteiger partial charge in [0, 0.05) is 11.8 Å². The van der Waals surface area contributed by atoms with Gasteiger partial charge < -0.3 is 10.4 Å². The molecule has 0 unspecified atom stereocenters. The number of aryl methyl sites for hydroxylation is 1. The van der Waals surface area contributed by atoms with Crippen LogP contribution in [0.1, 0.15) is 15.2 Å². The van der Waals surface area contributed by atoms with E-state index in [-0.39, 0.29) is 11.7 Å². The number of phenolic OH excluding ortho intramolecular Hbond substituents is 1. The number of nitrogens with one attached hydrogen (secondary N) is 1. The molecule has 0 bridgehead atoms. The third kappa shape index (κ3) is 2.87. The SMILES string of the molecule is Cc1cc(C(=O)Nc2cccc(O)c2)sc1Br. The summed E-state index contributed by atoms with van der Waals surface area (Å²) in [6.07, 6.45) is 0. The number of thiophene rings is 1. The first-order valence-electron chi connectivity index (χ1n) is 4.92. The molecule has 0 radical (unpaired) electrons. The fraction of sp³-hybridized carbons (Fsp3) is 0.0833. The average molecular weight is 312 g/mol. The summed E-state index contributed by atoms with van der Waals surface area (Å²) in [5, 5.41) is 12.0. The van der Waals surface area contributed by atoms with Gasteiger partial charge in [0.2, 0.25) is 0 Å². The first kappa shape index (κ1) is 12.1. The van der Waals surface area contributed by atoms with Gasteiger partial charge in [-0.05, 0) is 46.6 Å². The molecule has 5 heteroatoms. The van der Waals surface area contributed by atoms with E-state index in [1.165, 1.54) is 17.4 Å². The molecule has 0 fully saturated rings. The Morgan fingerprint density at radius 2 is 2.18 bits per heavy atom. The molecule has 17 heavy (non-hydrogen) atoms. The van der Waals surface area contributed by atoms with Crippen LogP contribution in [0.25, 0.3) is 0 Å². The highest BCUT2D eigenvalue weighted by Crippen LogP contribution is 2.28. The number of halogens is 1. The quantitative estimate of drug-likeness (QED) is 0.886. The number of carbonyl (C=O) groups is 1. The minimum Gasteiger partial charge on any atom is -0.508 e. The van der Waals surface area contributed by atoms with E-state index in [0.29, 0.717) is 10.6 Å². The van der Waals surface area contributed by atoms with Crippen LogP contribution in [0.3, 0.4) is 0 Å². The van der Waals surface area contributed by atoms with Crippen molar-refractivity contribution < 1.29 is 9.90 Å². The lowest BCUT2D eigenvalue weighted by molar-refractivity contribution is 0.103. The van der Waals surface area contributed by atoms with Crippen LogP contribution < -0.4 is 5.32 Å². The van der Waals surface area contributed by atoms with Crippen molar-refractivity contribution in [2.24, 2.45) is 0 Å². The highest BCUT2D eigenvalue weighted by atomic mass is 79.9. The molecule has 0 spiro atoms. The molecule has 0 atom stereocenters. The molecule has 1 aromatic heterocycles. The minimum atomic E-state index is -0.172. The molecular formula is C12H10BrNO2S. The van der Waals surface area contributed by atoms with E-state index in [2.05, 4.69) is 21.2 Å². The Morgan fingerprint density at radius 3 is 2.76 bits per heavy atom. The summed E-state index contributed by atoms with van der Waals surface area (Å²) in [4.78, 5) is 12.5. The molecule has 1 heterocycles. The molecule has 2 aromatic rings. The lowest BCUT2D eigenvalue weighted by atomic mass is 10.3. The highest BCUT2D eigenvalue weighted by Gasteiger charge is 2.11. The Labute approximate surface area is 111 Å². The first-order valence-corrected chi connectivity index (χ1v) is 6.53. The van der Waals surface area contributed by atoms with E-state index in [4.69, 9.17) is 0 Å². The van der Waals surface area contributed by atoms with Crippen molar-refractivity contribution in [3.05, 3.63) is 44.6 Å². The zero-order valence-corrected chi connectivity index (χ0v) is 11.4. The number of anilines is 1. The molecule has 1 amide bonds. The Bertz CT molecular complexity index is 546. The maximum absolute atomic E-state index is 11.9. The van der Waals surface area contributed by atoms with E-state index in [0.717, 1.165) is 9.35 Å². The molecule has 0 aliphatic heterocycles. The van der Waals surface area contributed by atoms with Gasteiger partial charge in [-0.3, -0.25) is 4.79 Å². The first-order chi connectivity index (χ1) is 8.06. The van der Waals surface area contributed by atoms with Crippen LogP contribution in [0, 0.1) is 6.92 Å². The molecule has 0 aliphatic carbocycles. The molecule has 0 saturated heterocycles. The number of benzene rings is 1.